The summed E-state index contributed by atoms with van der Waals surface area (Å²) in [6.45, 7) is 2.90. The Morgan fingerprint density at radius 3 is 2.82 bits per heavy atom. The van der Waals surface area contributed by atoms with E-state index in [1.807, 2.05) is 23.1 Å². The van der Waals surface area contributed by atoms with Gasteiger partial charge in [-0.25, -0.2) is 0 Å². The largest absolute Gasteiger partial charge is 0.330 e. The molecule has 1 saturated carbocycles. The lowest BCUT2D eigenvalue weighted by Gasteiger charge is -2.24. The maximum absolute atomic E-state index is 6.06. The molecule has 0 aliphatic heterocycles. The minimum Gasteiger partial charge on any atom is -0.330 e. The quantitative estimate of drug-likeness (QED) is 0.889. The fraction of sp³-hybridized carbons (Fsp3) is 0.615. The van der Waals surface area contributed by atoms with Crippen LogP contribution in [0.15, 0.2) is 6.07 Å². The average Bonchev–Trinajstić information content (AvgIpc) is 2.97. The number of rotatable bonds is 2. The molecule has 0 bridgehead atoms. The summed E-state index contributed by atoms with van der Waals surface area (Å²) < 4.78 is 3.38. The van der Waals surface area contributed by atoms with Crippen LogP contribution in [0, 0.1) is 6.92 Å². The van der Waals surface area contributed by atoms with Gasteiger partial charge in [-0.3, -0.25) is 4.68 Å². The molecule has 0 saturated heterocycles. The van der Waals surface area contributed by atoms with Gasteiger partial charge in [0.15, 0.2) is 0 Å². The van der Waals surface area contributed by atoms with Crippen molar-refractivity contribution in [2.45, 2.75) is 38.0 Å². The summed E-state index contributed by atoms with van der Waals surface area (Å²) in [5, 5.41) is 4.76. The highest BCUT2D eigenvalue weighted by Gasteiger charge is 2.38. The lowest BCUT2D eigenvalue weighted by molar-refractivity contribution is 0.437. The molecular weight excluding hydrogens is 230 g/mol. The van der Waals surface area contributed by atoms with Crippen molar-refractivity contribution in [1.29, 1.82) is 0 Å². The third-order valence-electron chi connectivity index (χ3n) is 4.10. The van der Waals surface area contributed by atoms with E-state index in [4.69, 9.17) is 10.8 Å². The molecule has 2 heterocycles. The molecule has 0 spiro atoms. The van der Waals surface area contributed by atoms with Crippen molar-refractivity contribution in [3.63, 3.8) is 0 Å². The van der Waals surface area contributed by atoms with Crippen LogP contribution < -0.4 is 5.73 Å². The molecule has 2 N–H and O–H groups in total. The van der Waals surface area contributed by atoms with Crippen molar-refractivity contribution >= 4 is 21.6 Å². The third kappa shape index (κ3) is 1.54. The maximum Gasteiger partial charge on any atom is 0.0877 e. The topological polar surface area (TPSA) is 43.8 Å². The number of nitrogens with two attached hydrogens (primary N) is 1. The summed E-state index contributed by atoms with van der Waals surface area (Å²) in [5.41, 5.74) is 8.74. The first-order chi connectivity index (χ1) is 8.16. The third-order valence-corrected chi connectivity index (χ3v) is 5.15. The van der Waals surface area contributed by atoms with Crippen LogP contribution in [-0.2, 0) is 12.5 Å². The van der Waals surface area contributed by atoms with Crippen molar-refractivity contribution in [2.75, 3.05) is 6.54 Å². The number of fused-ring (bicyclic) bond motifs is 1. The summed E-state index contributed by atoms with van der Waals surface area (Å²) >= 11 is 1.86. The number of nitrogens with zero attached hydrogens (tertiary/aromatic N) is 2. The van der Waals surface area contributed by atoms with Crippen molar-refractivity contribution in [2.24, 2.45) is 12.8 Å². The van der Waals surface area contributed by atoms with E-state index in [2.05, 4.69) is 13.0 Å². The molecule has 92 valence electrons. The van der Waals surface area contributed by atoms with Gasteiger partial charge >= 0.3 is 0 Å². The summed E-state index contributed by atoms with van der Waals surface area (Å²) in [4.78, 5) is 1.36. The highest BCUT2D eigenvalue weighted by Crippen LogP contribution is 2.44. The number of hydrogen-bond donors (Lipinski definition) is 1. The van der Waals surface area contributed by atoms with Crippen LogP contribution >= 0.6 is 11.3 Å². The molecule has 3 nitrogen and oxygen atoms in total. The van der Waals surface area contributed by atoms with Gasteiger partial charge < -0.3 is 5.73 Å². The Kier molecular flexibility index (Phi) is 2.52. The molecule has 4 heteroatoms. The molecule has 17 heavy (non-hydrogen) atoms. The predicted molar refractivity (Wildman–Crippen MR) is 72.5 cm³/mol. The molecular formula is C13H19N3S. The Balaban J connectivity index is 2.22. The number of aromatic nitrogens is 2. The van der Waals surface area contributed by atoms with E-state index < -0.39 is 0 Å². The highest BCUT2D eigenvalue weighted by molar-refractivity contribution is 7.19. The number of aryl methyl sites for hydroxylation is 2. The molecule has 0 unspecified atom stereocenters. The van der Waals surface area contributed by atoms with Crippen LogP contribution in [-0.4, -0.2) is 16.3 Å². The minimum atomic E-state index is 0.150. The number of hydrogen-bond acceptors (Lipinski definition) is 3. The van der Waals surface area contributed by atoms with Crippen molar-refractivity contribution in [3.05, 3.63) is 16.6 Å². The Labute approximate surface area is 106 Å². The molecule has 0 atom stereocenters. The highest BCUT2D eigenvalue weighted by atomic mass is 32.1. The molecule has 0 radical (unpaired) electrons. The summed E-state index contributed by atoms with van der Waals surface area (Å²) in [5.74, 6) is 0. The van der Waals surface area contributed by atoms with Gasteiger partial charge in [-0.05, 0) is 25.8 Å². The van der Waals surface area contributed by atoms with Gasteiger partial charge in [-0.1, -0.05) is 12.8 Å². The van der Waals surface area contributed by atoms with Gasteiger partial charge in [-0.2, -0.15) is 5.10 Å². The van der Waals surface area contributed by atoms with Crippen LogP contribution in [0.25, 0.3) is 10.2 Å². The first-order valence-corrected chi connectivity index (χ1v) is 7.12. The van der Waals surface area contributed by atoms with E-state index in [0.29, 0.717) is 0 Å². The van der Waals surface area contributed by atoms with E-state index in [-0.39, 0.29) is 5.41 Å². The minimum absolute atomic E-state index is 0.150. The average molecular weight is 249 g/mol. The Morgan fingerprint density at radius 1 is 1.47 bits per heavy atom. The molecule has 3 rings (SSSR count). The second-order valence-corrected chi connectivity index (χ2v) is 6.49. The van der Waals surface area contributed by atoms with Crippen molar-refractivity contribution < 1.29 is 0 Å². The standard InChI is InChI=1S/C13H19N3S/c1-9-7-10-11(17-9)12(15-16(10)2)13(8-14)5-3-4-6-13/h7H,3-6,8,14H2,1-2H3. The predicted octanol–water partition coefficient (Wildman–Crippen LogP) is 2.71. The first kappa shape index (κ1) is 11.2. The van der Waals surface area contributed by atoms with Gasteiger partial charge in [0.25, 0.3) is 0 Å². The SMILES string of the molecule is Cc1cc2c(s1)c(C1(CN)CCCC1)nn2C. The smallest absolute Gasteiger partial charge is 0.0877 e. The van der Waals surface area contributed by atoms with E-state index in [1.165, 1.54) is 46.5 Å². The fourth-order valence-corrected chi connectivity index (χ4v) is 4.24. The van der Waals surface area contributed by atoms with Gasteiger partial charge in [-0.15, -0.1) is 11.3 Å². The maximum atomic E-state index is 6.06. The normalized spacial score (nSPS) is 19.2. The van der Waals surface area contributed by atoms with E-state index in [9.17, 15) is 0 Å². The van der Waals surface area contributed by atoms with Crippen LogP contribution in [0.2, 0.25) is 0 Å². The van der Waals surface area contributed by atoms with Crippen molar-refractivity contribution in [3.8, 4) is 0 Å². The second kappa shape index (κ2) is 3.82. The van der Waals surface area contributed by atoms with Crippen LogP contribution in [0.5, 0.6) is 0 Å². The first-order valence-electron chi connectivity index (χ1n) is 6.30. The molecule has 2 aromatic rings. The second-order valence-electron chi connectivity index (χ2n) is 5.24. The van der Waals surface area contributed by atoms with Gasteiger partial charge in [0.1, 0.15) is 0 Å². The van der Waals surface area contributed by atoms with Crippen LogP contribution in [0.1, 0.15) is 36.3 Å². The molecule has 1 fully saturated rings. The summed E-state index contributed by atoms with van der Waals surface area (Å²) in [6.07, 6.45) is 4.98. The fourth-order valence-electron chi connectivity index (χ4n) is 3.10. The van der Waals surface area contributed by atoms with E-state index in [0.717, 1.165) is 6.54 Å². The molecule has 0 amide bonds. The molecule has 1 aliphatic rings. The van der Waals surface area contributed by atoms with Gasteiger partial charge in [0.2, 0.25) is 0 Å². The lowest BCUT2D eigenvalue weighted by atomic mass is 9.83. The zero-order valence-corrected chi connectivity index (χ0v) is 11.3. The molecule has 1 aliphatic carbocycles. The van der Waals surface area contributed by atoms with E-state index in [1.54, 1.807) is 0 Å². The Hall–Kier alpha value is -0.870. The van der Waals surface area contributed by atoms with Crippen molar-refractivity contribution in [1.82, 2.24) is 9.78 Å². The zero-order chi connectivity index (χ0) is 12.0. The van der Waals surface area contributed by atoms with Gasteiger partial charge in [0.05, 0.1) is 15.9 Å². The number of thiophene rings is 1. The summed E-state index contributed by atoms with van der Waals surface area (Å²) in [6, 6.07) is 2.23. The van der Waals surface area contributed by atoms with Crippen LogP contribution in [0.3, 0.4) is 0 Å². The Morgan fingerprint density at radius 2 is 2.18 bits per heavy atom. The van der Waals surface area contributed by atoms with Gasteiger partial charge in [0, 0.05) is 23.9 Å². The molecule has 2 aromatic heterocycles. The molecule has 0 aromatic carbocycles. The lowest BCUT2D eigenvalue weighted by Crippen LogP contribution is -2.32. The zero-order valence-electron chi connectivity index (χ0n) is 10.5. The van der Waals surface area contributed by atoms with Crippen LogP contribution in [0.4, 0.5) is 0 Å². The van der Waals surface area contributed by atoms with E-state index >= 15 is 0 Å². The Bertz CT molecular complexity index is 546. The monoisotopic (exact) mass is 249 g/mol. The summed E-state index contributed by atoms with van der Waals surface area (Å²) in [7, 11) is 2.04.